The highest BCUT2D eigenvalue weighted by Crippen LogP contribution is 2.20. The lowest BCUT2D eigenvalue weighted by atomic mass is 10.0. The molecule has 2 amide bonds. The molecule has 1 aromatic heterocycles. The Morgan fingerprint density at radius 3 is 2.63 bits per heavy atom. The van der Waals surface area contributed by atoms with Gasteiger partial charge in [0, 0.05) is 13.1 Å². The first-order valence-electron chi connectivity index (χ1n) is 8.89. The molecule has 1 atom stereocenters. The van der Waals surface area contributed by atoms with Crippen molar-refractivity contribution in [2.45, 2.75) is 31.8 Å². The van der Waals surface area contributed by atoms with Crippen LogP contribution >= 0.6 is 0 Å². The Bertz CT molecular complexity index is 798. The number of piperidine rings is 1. The van der Waals surface area contributed by atoms with Crippen LogP contribution in [0.4, 0.5) is 0 Å². The minimum Gasteiger partial charge on any atom is -0.465 e. The molecule has 7 heteroatoms. The number of furan rings is 1. The smallest absolute Gasteiger partial charge is 0.337 e. The highest BCUT2D eigenvalue weighted by molar-refractivity contribution is 5.95. The average Bonchev–Trinajstić information content (AvgIpc) is 3.26. The van der Waals surface area contributed by atoms with Crippen LogP contribution in [0.25, 0.3) is 0 Å². The number of rotatable bonds is 5. The van der Waals surface area contributed by atoms with Gasteiger partial charge in [-0.25, -0.2) is 4.79 Å². The number of benzene rings is 1. The van der Waals surface area contributed by atoms with Gasteiger partial charge in [0.15, 0.2) is 5.76 Å². The van der Waals surface area contributed by atoms with E-state index in [4.69, 9.17) is 4.42 Å². The Balaban J connectivity index is 1.62. The van der Waals surface area contributed by atoms with Crippen LogP contribution in [0.2, 0.25) is 0 Å². The SMILES string of the molecule is COC(=O)c1ccc(CNC(=O)C2CCCCN2C(=O)c2ccco2)cc1. The summed E-state index contributed by atoms with van der Waals surface area (Å²) in [7, 11) is 1.33. The van der Waals surface area contributed by atoms with Crippen LogP contribution < -0.4 is 5.32 Å². The number of amides is 2. The average molecular weight is 370 g/mol. The molecule has 1 N–H and O–H groups in total. The summed E-state index contributed by atoms with van der Waals surface area (Å²) < 4.78 is 9.85. The summed E-state index contributed by atoms with van der Waals surface area (Å²) in [5, 5.41) is 2.88. The first-order chi connectivity index (χ1) is 13.1. The number of likely N-dealkylation sites (tertiary alicyclic amines) is 1. The number of carbonyl (C=O) groups is 3. The van der Waals surface area contributed by atoms with Crippen LogP contribution in [0.1, 0.15) is 45.7 Å². The number of nitrogens with one attached hydrogen (secondary N) is 1. The molecule has 2 heterocycles. The predicted octanol–water partition coefficient (Wildman–Crippen LogP) is 2.38. The van der Waals surface area contributed by atoms with Gasteiger partial charge in [-0.15, -0.1) is 0 Å². The van der Waals surface area contributed by atoms with Crippen LogP contribution in [-0.4, -0.2) is 42.4 Å². The zero-order valence-electron chi connectivity index (χ0n) is 15.1. The first-order valence-corrected chi connectivity index (χ1v) is 8.89. The van der Waals surface area contributed by atoms with Crippen molar-refractivity contribution in [3.8, 4) is 0 Å². The second-order valence-electron chi connectivity index (χ2n) is 6.39. The van der Waals surface area contributed by atoms with E-state index in [2.05, 4.69) is 10.1 Å². The highest BCUT2D eigenvalue weighted by Gasteiger charge is 2.33. The van der Waals surface area contributed by atoms with E-state index in [0.29, 0.717) is 25.1 Å². The van der Waals surface area contributed by atoms with Gasteiger partial charge in [-0.05, 0) is 49.1 Å². The van der Waals surface area contributed by atoms with Gasteiger partial charge in [0.25, 0.3) is 5.91 Å². The van der Waals surface area contributed by atoms with Crippen molar-refractivity contribution in [3.63, 3.8) is 0 Å². The standard InChI is InChI=1S/C20H22N2O5/c1-26-20(25)15-9-7-14(8-10-15)13-21-18(23)16-5-2-3-11-22(16)19(24)17-6-4-12-27-17/h4,6-10,12,16H,2-3,5,11,13H2,1H3,(H,21,23). The zero-order valence-corrected chi connectivity index (χ0v) is 15.1. The number of carbonyl (C=O) groups excluding carboxylic acids is 3. The fourth-order valence-corrected chi connectivity index (χ4v) is 3.17. The van der Waals surface area contributed by atoms with Crippen molar-refractivity contribution in [1.29, 1.82) is 0 Å². The number of nitrogens with zero attached hydrogens (tertiary/aromatic N) is 1. The van der Waals surface area contributed by atoms with Crippen molar-refractivity contribution in [1.82, 2.24) is 10.2 Å². The van der Waals surface area contributed by atoms with E-state index in [0.717, 1.165) is 18.4 Å². The summed E-state index contributed by atoms with van der Waals surface area (Å²) in [4.78, 5) is 38.3. The highest BCUT2D eigenvalue weighted by atomic mass is 16.5. The van der Waals surface area contributed by atoms with Crippen molar-refractivity contribution < 1.29 is 23.5 Å². The molecule has 27 heavy (non-hydrogen) atoms. The van der Waals surface area contributed by atoms with Crippen molar-refractivity contribution in [2.75, 3.05) is 13.7 Å². The quantitative estimate of drug-likeness (QED) is 0.817. The molecular weight excluding hydrogens is 348 g/mol. The topological polar surface area (TPSA) is 88.9 Å². The van der Waals surface area contributed by atoms with Crippen molar-refractivity contribution in [2.24, 2.45) is 0 Å². The molecule has 1 saturated heterocycles. The van der Waals surface area contributed by atoms with Crippen molar-refractivity contribution in [3.05, 3.63) is 59.5 Å². The van der Waals surface area contributed by atoms with Gasteiger partial charge in [-0.2, -0.15) is 0 Å². The van der Waals surface area contributed by atoms with Crippen LogP contribution in [0, 0.1) is 0 Å². The lowest BCUT2D eigenvalue weighted by molar-refractivity contribution is -0.126. The van der Waals surface area contributed by atoms with Crippen LogP contribution in [0.3, 0.4) is 0 Å². The molecule has 1 aliphatic heterocycles. The third-order valence-corrected chi connectivity index (χ3v) is 4.64. The van der Waals surface area contributed by atoms with E-state index >= 15 is 0 Å². The number of hydrogen-bond donors (Lipinski definition) is 1. The van der Waals surface area contributed by atoms with Gasteiger partial charge in [-0.3, -0.25) is 9.59 Å². The molecule has 1 aromatic carbocycles. The molecule has 1 fully saturated rings. The maximum Gasteiger partial charge on any atom is 0.337 e. The van der Waals surface area contributed by atoms with Crippen molar-refractivity contribution >= 4 is 17.8 Å². The van der Waals surface area contributed by atoms with E-state index in [9.17, 15) is 14.4 Å². The number of hydrogen-bond acceptors (Lipinski definition) is 5. The fourth-order valence-electron chi connectivity index (χ4n) is 3.17. The molecule has 0 saturated carbocycles. The van der Waals surface area contributed by atoms with E-state index < -0.39 is 12.0 Å². The minimum atomic E-state index is -0.509. The molecule has 0 radical (unpaired) electrons. The molecule has 3 rings (SSSR count). The molecule has 7 nitrogen and oxygen atoms in total. The molecule has 1 unspecified atom stereocenters. The Hall–Kier alpha value is -3.09. The third kappa shape index (κ3) is 4.36. The lowest BCUT2D eigenvalue weighted by Gasteiger charge is -2.34. The van der Waals surface area contributed by atoms with Gasteiger partial charge < -0.3 is 19.4 Å². The van der Waals surface area contributed by atoms with Crippen LogP contribution in [-0.2, 0) is 16.1 Å². The maximum absolute atomic E-state index is 12.7. The second kappa shape index (κ2) is 8.53. The van der Waals surface area contributed by atoms with Gasteiger partial charge in [0.2, 0.25) is 5.91 Å². The molecule has 142 valence electrons. The molecular formula is C20H22N2O5. The van der Waals surface area contributed by atoms with Crippen LogP contribution in [0.15, 0.2) is 47.1 Å². The molecule has 2 aromatic rings. The summed E-state index contributed by atoms with van der Waals surface area (Å²) in [5.41, 5.74) is 1.31. The summed E-state index contributed by atoms with van der Waals surface area (Å²) >= 11 is 0. The second-order valence-corrected chi connectivity index (χ2v) is 6.39. The number of ether oxygens (including phenoxy) is 1. The molecule has 0 bridgehead atoms. The Morgan fingerprint density at radius 1 is 1.19 bits per heavy atom. The van der Waals surface area contributed by atoms with Gasteiger partial charge >= 0.3 is 5.97 Å². The summed E-state index contributed by atoms with van der Waals surface area (Å²) in [6.07, 6.45) is 3.84. The van der Waals surface area contributed by atoms with Gasteiger partial charge in [0.1, 0.15) is 6.04 Å². The molecule has 0 aliphatic carbocycles. The maximum atomic E-state index is 12.7. The Labute approximate surface area is 157 Å². The monoisotopic (exact) mass is 370 g/mol. The molecule has 1 aliphatic rings. The van der Waals surface area contributed by atoms with E-state index in [1.807, 2.05) is 0 Å². The first kappa shape index (κ1) is 18.7. The van der Waals surface area contributed by atoms with E-state index in [1.165, 1.54) is 13.4 Å². The lowest BCUT2D eigenvalue weighted by Crippen LogP contribution is -2.51. The largest absolute Gasteiger partial charge is 0.465 e. The van der Waals surface area contributed by atoms with Gasteiger partial charge in [0.05, 0.1) is 18.9 Å². The van der Waals surface area contributed by atoms with Crippen LogP contribution in [0.5, 0.6) is 0 Å². The molecule has 0 spiro atoms. The summed E-state index contributed by atoms with van der Waals surface area (Å²) in [6.45, 7) is 0.852. The summed E-state index contributed by atoms with van der Waals surface area (Å²) in [5.74, 6) is -0.609. The number of methoxy groups -OCH3 is 1. The third-order valence-electron chi connectivity index (χ3n) is 4.64. The predicted molar refractivity (Wildman–Crippen MR) is 97.0 cm³/mol. The normalized spacial score (nSPS) is 16.6. The van der Waals surface area contributed by atoms with E-state index in [-0.39, 0.29) is 17.6 Å². The summed E-state index contributed by atoms with van der Waals surface area (Å²) in [6, 6.07) is 9.59. The zero-order chi connectivity index (χ0) is 19.2. The van der Waals surface area contributed by atoms with E-state index in [1.54, 1.807) is 41.3 Å². The number of esters is 1. The Kier molecular flexibility index (Phi) is 5.90. The fraction of sp³-hybridized carbons (Fsp3) is 0.350. The Morgan fingerprint density at radius 2 is 1.96 bits per heavy atom. The minimum absolute atomic E-state index is 0.188. The van der Waals surface area contributed by atoms with Gasteiger partial charge in [-0.1, -0.05) is 12.1 Å².